The topological polar surface area (TPSA) is 29.5 Å². The first-order chi connectivity index (χ1) is 6.24. The average Bonchev–Trinajstić information content (AvgIpc) is 2.19. The summed E-state index contributed by atoms with van der Waals surface area (Å²) in [5.41, 5.74) is 0. The molecule has 1 aliphatic heterocycles. The van der Waals surface area contributed by atoms with Gasteiger partial charge in [-0.25, -0.2) is 0 Å². The largest absolute Gasteiger partial charge is 0.469 e. The Hall–Kier alpha value is -0.570. The Bertz CT molecular complexity index is 164. The van der Waals surface area contributed by atoms with Crippen LogP contribution in [0.2, 0.25) is 0 Å². The normalized spacial score (nSPS) is 21.1. The van der Waals surface area contributed by atoms with Crippen LogP contribution in [0.15, 0.2) is 0 Å². The van der Waals surface area contributed by atoms with Crippen molar-refractivity contribution >= 4 is 5.97 Å². The van der Waals surface area contributed by atoms with Crippen LogP contribution in [0.5, 0.6) is 0 Å². The van der Waals surface area contributed by atoms with Crippen molar-refractivity contribution in [1.82, 2.24) is 4.90 Å². The fourth-order valence-corrected chi connectivity index (χ4v) is 1.81. The summed E-state index contributed by atoms with van der Waals surface area (Å²) >= 11 is 0. The van der Waals surface area contributed by atoms with Crippen LogP contribution in [0.25, 0.3) is 0 Å². The van der Waals surface area contributed by atoms with Gasteiger partial charge in [0.2, 0.25) is 0 Å². The minimum absolute atomic E-state index is 0.0990. The summed E-state index contributed by atoms with van der Waals surface area (Å²) in [7, 11) is 1.45. The summed E-state index contributed by atoms with van der Waals surface area (Å²) in [4.78, 5) is 13.4. The molecule has 0 aromatic carbocycles. The first kappa shape index (κ1) is 10.5. The highest BCUT2D eigenvalue weighted by Gasteiger charge is 2.19. The van der Waals surface area contributed by atoms with Gasteiger partial charge in [-0.15, -0.1) is 0 Å². The number of piperidine rings is 1. The van der Waals surface area contributed by atoms with Crippen molar-refractivity contribution in [1.29, 1.82) is 0 Å². The summed E-state index contributed by atoms with van der Waals surface area (Å²) in [6.45, 7) is 4.37. The van der Waals surface area contributed by atoms with E-state index in [9.17, 15) is 4.79 Å². The second-order valence-corrected chi connectivity index (χ2v) is 3.73. The van der Waals surface area contributed by atoms with Crippen molar-refractivity contribution in [3.63, 3.8) is 0 Å². The number of carbonyl (C=O) groups is 1. The molecule has 1 atom stereocenters. The maximum absolute atomic E-state index is 11.0. The molecular weight excluding hydrogens is 166 g/mol. The lowest BCUT2D eigenvalue weighted by Gasteiger charge is -2.31. The molecule has 1 saturated heterocycles. The van der Waals surface area contributed by atoms with E-state index in [1.807, 2.05) is 0 Å². The monoisotopic (exact) mass is 185 g/mol. The lowest BCUT2D eigenvalue weighted by atomic mass is 10.1. The molecule has 0 amide bonds. The molecule has 1 aliphatic rings. The van der Waals surface area contributed by atoms with E-state index in [1.54, 1.807) is 0 Å². The van der Waals surface area contributed by atoms with Gasteiger partial charge in [-0.05, 0) is 32.9 Å². The second-order valence-electron chi connectivity index (χ2n) is 3.73. The molecule has 76 valence electrons. The predicted molar refractivity (Wildman–Crippen MR) is 51.5 cm³/mol. The summed E-state index contributed by atoms with van der Waals surface area (Å²) in [6.07, 6.45) is 4.40. The lowest BCUT2D eigenvalue weighted by molar-refractivity contribution is -0.142. The number of esters is 1. The van der Waals surface area contributed by atoms with Crippen molar-refractivity contribution in [2.45, 2.75) is 38.6 Å². The van der Waals surface area contributed by atoms with Gasteiger partial charge in [0.05, 0.1) is 13.5 Å². The van der Waals surface area contributed by atoms with Crippen LogP contribution in [0.1, 0.15) is 32.6 Å². The van der Waals surface area contributed by atoms with Crippen LogP contribution in [0.3, 0.4) is 0 Å². The van der Waals surface area contributed by atoms with Gasteiger partial charge in [0.25, 0.3) is 0 Å². The van der Waals surface area contributed by atoms with Gasteiger partial charge in [0, 0.05) is 6.04 Å². The van der Waals surface area contributed by atoms with E-state index in [-0.39, 0.29) is 5.97 Å². The molecule has 0 unspecified atom stereocenters. The van der Waals surface area contributed by atoms with Crippen LogP contribution in [0, 0.1) is 0 Å². The van der Waals surface area contributed by atoms with Gasteiger partial charge < -0.3 is 9.64 Å². The van der Waals surface area contributed by atoms with E-state index >= 15 is 0 Å². The molecule has 0 radical (unpaired) electrons. The fraction of sp³-hybridized carbons (Fsp3) is 0.900. The van der Waals surface area contributed by atoms with Crippen molar-refractivity contribution in [2.24, 2.45) is 0 Å². The molecule has 0 bridgehead atoms. The summed E-state index contributed by atoms with van der Waals surface area (Å²) < 4.78 is 4.65. The standard InChI is InChI=1S/C10H19NO2/c1-9(8-10(12)13-2)11-6-4-3-5-7-11/h9H,3-8H2,1-2H3/t9-/m1/s1. The maximum Gasteiger partial charge on any atom is 0.307 e. The zero-order valence-electron chi connectivity index (χ0n) is 8.58. The molecular formula is C10H19NO2. The van der Waals surface area contributed by atoms with E-state index in [0.717, 1.165) is 13.1 Å². The Morgan fingerprint density at radius 3 is 2.54 bits per heavy atom. The Morgan fingerprint density at radius 1 is 1.38 bits per heavy atom. The molecule has 0 spiro atoms. The Balaban J connectivity index is 2.28. The number of hydrogen-bond acceptors (Lipinski definition) is 3. The molecule has 0 aliphatic carbocycles. The molecule has 1 fully saturated rings. The van der Waals surface area contributed by atoms with Crippen molar-refractivity contribution in [3.8, 4) is 0 Å². The number of carbonyl (C=O) groups excluding carboxylic acids is 1. The predicted octanol–water partition coefficient (Wildman–Crippen LogP) is 1.42. The number of hydrogen-bond donors (Lipinski definition) is 0. The smallest absolute Gasteiger partial charge is 0.307 e. The van der Waals surface area contributed by atoms with E-state index in [4.69, 9.17) is 0 Å². The highest BCUT2D eigenvalue weighted by Crippen LogP contribution is 2.13. The fourth-order valence-electron chi connectivity index (χ4n) is 1.81. The highest BCUT2D eigenvalue weighted by atomic mass is 16.5. The molecule has 13 heavy (non-hydrogen) atoms. The zero-order chi connectivity index (χ0) is 9.68. The van der Waals surface area contributed by atoms with E-state index < -0.39 is 0 Å². The molecule has 0 saturated carbocycles. The third-order valence-corrected chi connectivity index (χ3v) is 2.70. The highest BCUT2D eigenvalue weighted by molar-refractivity contribution is 5.69. The lowest BCUT2D eigenvalue weighted by Crippen LogP contribution is -2.38. The SMILES string of the molecule is COC(=O)C[C@@H](C)N1CCCCC1. The third kappa shape index (κ3) is 3.35. The summed E-state index contributed by atoms with van der Waals surface area (Å²) in [6, 6.07) is 0.341. The van der Waals surface area contributed by atoms with Crippen LogP contribution in [0.4, 0.5) is 0 Å². The molecule has 1 rings (SSSR count). The van der Waals surface area contributed by atoms with E-state index in [1.165, 1.54) is 26.4 Å². The molecule has 1 heterocycles. The molecule has 3 nitrogen and oxygen atoms in total. The van der Waals surface area contributed by atoms with E-state index in [0.29, 0.717) is 12.5 Å². The average molecular weight is 185 g/mol. The number of rotatable bonds is 3. The number of nitrogens with zero attached hydrogens (tertiary/aromatic N) is 1. The van der Waals surface area contributed by atoms with Gasteiger partial charge in [-0.1, -0.05) is 6.42 Å². The van der Waals surface area contributed by atoms with Gasteiger partial charge >= 0.3 is 5.97 Å². The first-order valence-electron chi connectivity index (χ1n) is 5.05. The minimum atomic E-state index is -0.0990. The van der Waals surface area contributed by atoms with Gasteiger partial charge in [-0.2, -0.15) is 0 Å². The van der Waals surface area contributed by atoms with Crippen LogP contribution in [-0.4, -0.2) is 37.1 Å². The zero-order valence-corrected chi connectivity index (χ0v) is 8.58. The van der Waals surface area contributed by atoms with E-state index in [2.05, 4.69) is 16.6 Å². The third-order valence-electron chi connectivity index (χ3n) is 2.70. The summed E-state index contributed by atoms with van der Waals surface area (Å²) in [5.74, 6) is -0.0990. The van der Waals surface area contributed by atoms with Gasteiger partial charge in [0.15, 0.2) is 0 Å². The van der Waals surface area contributed by atoms with Crippen LogP contribution >= 0.6 is 0 Å². The van der Waals surface area contributed by atoms with Crippen molar-refractivity contribution in [3.05, 3.63) is 0 Å². The van der Waals surface area contributed by atoms with Gasteiger partial charge in [-0.3, -0.25) is 4.79 Å². The number of likely N-dealkylation sites (tertiary alicyclic amines) is 1. The summed E-state index contributed by atoms with van der Waals surface area (Å²) in [5, 5.41) is 0. The van der Waals surface area contributed by atoms with Crippen molar-refractivity contribution < 1.29 is 9.53 Å². The first-order valence-corrected chi connectivity index (χ1v) is 5.05. The molecule has 0 N–H and O–H groups in total. The Labute approximate surface area is 80.1 Å². The molecule has 0 aromatic heterocycles. The Kier molecular flexibility index (Phi) is 4.22. The number of ether oxygens (including phenoxy) is 1. The molecule has 0 aromatic rings. The van der Waals surface area contributed by atoms with Crippen LogP contribution < -0.4 is 0 Å². The molecule has 3 heteroatoms. The van der Waals surface area contributed by atoms with Crippen molar-refractivity contribution in [2.75, 3.05) is 20.2 Å². The quantitative estimate of drug-likeness (QED) is 0.623. The van der Waals surface area contributed by atoms with Crippen LogP contribution in [-0.2, 0) is 9.53 Å². The Morgan fingerprint density at radius 2 is 2.00 bits per heavy atom. The van der Waals surface area contributed by atoms with Gasteiger partial charge in [0.1, 0.15) is 0 Å². The number of methoxy groups -OCH3 is 1. The second kappa shape index (κ2) is 5.22. The minimum Gasteiger partial charge on any atom is -0.469 e. The maximum atomic E-state index is 11.0.